The van der Waals surface area contributed by atoms with Crippen LogP contribution in [-0.4, -0.2) is 62.2 Å². The van der Waals surface area contributed by atoms with Gasteiger partial charge in [0, 0.05) is 35.4 Å². The number of nitro benzene ring substituents is 1. The molecule has 0 bridgehead atoms. The van der Waals surface area contributed by atoms with Gasteiger partial charge in [0.2, 0.25) is 0 Å². The van der Waals surface area contributed by atoms with Gasteiger partial charge in [0.1, 0.15) is 0 Å². The Hall–Kier alpha value is -5.54. The first-order valence-electron chi connectivity index (χ1n) is 14.7. The number of non-ortho nitro benzene ring substituents is 1. The van der Waals surface area contributed by atoms with E-state index in [1.807, 2.05) is 66.0 Å². The summed E-state index contributed by atoms with van der Waals surface area (Å²) < 4.78 is 13.0. The maximum atomic E-state index is 13.9. The number of aromatic nitrogens is 3. The van der Waals surface area contributed by atoms with Crippen molar-refractivity contribution in [3.05, 3.63) is 122 Å². The van der Waals surface area contributed by atoms with E-state index < -0.39 is 16.9 Å². The Labute approximate surface area is 283 Å². The molecule has 244 valence electrons. The molecule has 3 heterocycles. The molecule has 0 saturated carbocycles. The largest absolute Gasteiger partial charge is 0.493 e. The van der Waals surface area contributed by atoms with Gasteiger partial charge in [0.05, 0.1) is 48.1 Å². The van der Waals surface area contributed by atoms with E-state index in [0.717, 1.165) is 21.8 Å². The van der Waals surface area contributed by atoms with Crippen LogP contribution in [0.1, 0.15) is 39.1 Å². The minimum Gasteiger partial charge on any atom is -0.493 e. The number of amides is 2. The summed E-state index contributed by atoms with van der Waals surface area (Å²) in [5, 5.41) is 31.2. The quantitative estimate of drug-likeness (QED) is 0.0998. The van der Waals surface area contributed by atoms with Gasteiger partial charge in [-0.1, -0.05) is 48.2 Å². The molecule has 2 aromatic heterocycles. The van der Waals surface area contributed by atoms with Gasteiger partial charge in [0.15, 0.2) is 22.5 Å². The van der Waals surface area contributed by atoms with E-state index in [1.54, 1.807) is 30.1 Å². The molecule has 0 saturated heterocycles. The molecule has 3 aromatic carbocycles. The fourth-order valence-electron chi connectivity index (χ4n) is 5.28. The van der Waals surface area contributed by atoms with Gasteiger partial charge < -0.3 is 14.8 Å². The van der Waals surface area contributed by atoms with Crippen LogP contribution in [0.4, 0.5) is 5.69 Å². The highest BCUT2D eigenvalue weighted by Gasteiger charge is 2.36. The lowest BCUT2D eigenvalue weighted by molar-refractivity contribution is -0.384. The number of benzene rings is 3. The number of rotatable bonds is 12. The van der Waals surface area contributed by atoms with E-state index in [4.69, 9.17) is 14.6 Å². The molecule has 1 aliphatic heterocycles. The lowest BCUT2D eigenvalue weighted by atomic mass is 9.99. The Morgan fingerprint density at radius 1 is 1.00 bits per heavy atom. The molecule has 5 aromatic rings. The fourth-order valence-corrected chi connectivity index (χ4v) is 6.83. The van der Waals surface area contributed by atoms with Gasteiger partial charge in [-0.05, 0) is 41.8 Å². The smallest absolute Gasteiger partial charge is 0.269 e. The standard InChI is InChI=1S/C33H29N7O6S2/c1-45-27-11-6-10-24(31(27)46-2)26-18-25(28-12-7-17-47-28)37-39(26)30(41)20-48-33-36-35-29(38(33)22-8-4-3-5-9-22)19-34-32(42)21-13-15-23(16-14-21)40(43)44/h3-17,26H,18-20H2,1-2H3,(H,34,42). The lowest BCUT2D eigenvalue weighted by Gasteiger charge is -2.24. The molecule has 0 spiro atoms. The molecular weight excluding hydrogens is 655 g/mol. The number of hydrogen-bond acceptors (Lipinski definition) is 11. The molecule has 2 amide bonds. The number of hydrazone groups is 1. The van der Waals surface area contributed by atoms with Crippen molar-refractivity contribution in [2.45, 2.75) is 24.2 Å². The predicted octanol–water partition coefficient (Wildman–Crippen LogP) is 5.65. The Morgan fingerprint density at radius 3 is 2.48 bits per heavy atom. The molecule has 1 N–H and O–H groups in total. The van der Waals surface area contributed by atoms with Gasteiger partial charge in [-0.3, -0.25) is 24.3 Å². The number of thioether (sulfide) groups is 1. The molecule has 6 rings (SSSR count). The van der Waals surface area contributed by atoms with Gasteiger partial charge in [-0.25, -0.2) is 5.01 Å². The van der Waals surface area contributed by atoms with Crippen LogP contribution in [0.2, 0.25) is 0 Å². The van der Waals surface area contributed by atoms with Crippen LogP contribution in [0.25, 0.3) is 5.69 Å². The number of nitrogens with zero attached hydrogens (tertiary/aromatic N) is 6. The Morgan fingerprint density at radius 2 is 1.79 bits per heavy atom. The van der Waals surface area contributed by atoms with Crippen LogP contribution in [0.5, 0.6) is 11.5 Å². The van der Waals surface area contributed by atoms with Crippen molar-refractivity contribution in [3.8, 4) is 17.2 Å². The van der Waals surface area contributed by atoms with Crippen molar-refractivity contribution in [1.29, 1.82) is 0 Å². The molecule has 0 radical (unpaired) electrons. The number of thiophene rings is 1. The van der Waals surface area contributed by atoms with Crippen molar-refractivity contribution in [2.75, 3.05) is 20.0 Å². The average molecular weight is 684 g/mol. The molecule has 1 aliphatic rings. The van der Waals surface area contributed by atoms with Crippen molar-refractivity contribution < 1.29 is 24.0 Å². The van der Waals surface area contributed by atoms with E-state index in [9.17, 15) is 19.7 Å². The van der Waals surface area contributed by atoms with E-state index >= 15 is 0 Å². The topological polar surface area (TPSA) is 154 Å². The molecule has 1 unspecified atom stereocenters. The van der Waals surface area contributed by atoms with Gasteiger partial charge in [0.25, 0.3) is 17.5 Å². The molecular formula is C33H29N7O6S2. The number of methoxy groups -OCH3 is 2. The van der Waals surface area contributed by atoms with Crippen molar-refractivity contribution >= 4 is 46.3 Å². The van der Waals surface area contributed by atoms with E-state index in [2.05, 4.69) is 15.5 Å². The van der Waals surface area contributed by atoms with Gasteiger partial charge >= 0.3 is 0 Å². The second-order valence-electron chi connectivity index (χ2n) is 10.4. The molecule has 0 fully saturated rings. The summed E-state index contributed by atoms with van der Waals surface area (Å²) in [6.45, 7) is 0.0184. The highest BCUT2D eigenvalue weighted by atomic mass is 32.2. The van der Waals surface area contributed by atoms with E-state index in [-0.39, 0.29) is 29.5 Å². The number of hydrogen-bond donors (Lipinski definition) is 1. The van der Waals surface area contributed by atoms with Crippen LogP contribution >= 0.6 is 23.1 Å². The Balaban J connectivity index is 1.23. The van der Waals surface area contributed by atoms with Crippen molar-refractivity contribution in [3.63, 3.8) is 0 Å². The van der Waals surface area contributed by atoms with Crippen LogP contribution in [0.3, 0.4) is 0 Å². The van der Waals surface area contributed by atoms with Crippen molar-refractivity contribution in [1.82, 2.24) is 25.1 Å². The summed E-state index contributed by atoms with van der Waals surface area (Å²) in [5.74, 6) is 0.878. The van der Waals surface area contributed by atoms with Gasteiger partial charge in [-0.15, -0.1) is 21.5 Å². The summed E-state index contributed by atoms with van der Waals surface area (Å²) in [6, 6.07) is 23.8. The zero-order valence-electron chi connectivity index (χ0n) is 25.8. The summed E-state index contributed by atoms with van der Waals surface area (Å²) >= 11 is 2.76. The Bertz CT molecular complexity index is 1960. The Kier molecular flexibility index (Phi) is 9.78. The predicted molar refractivity (Wildman–Crippen MR) is 181 cm³/mol. The highest BCUT2D eigenvalue weighted by Crippen LogP contribution is 2.42. The minimum absolute atomic E-state index is 0.00409. The van der Waals surface area contributed by atoms with Crippen LogP contribution in [0.15, 0.2) is 101 Å². The van der Waals surface area contributed by atoms with E-state index in [0.29, 0.717) is 28.9 Å². The number of para-hydroxylation sites is 2. The monoisotopic (exact) mass is 683 g/mol. The first-order valence-corrected chi connectivity index (χ1v) is 16.5. The van der Waals surface area contributed by atoms with Gasteiger partial charge in [-0.2, -0.15) is 5.10 Å². The summed E-state index contributed by atoms with van der Waals surface area (Å²) in [5.41, 5.74) is 2.49. The molecule has 13 nitrogen and oxygen atoms in total. The van der Waals surface area contributed by atoms with Crippen molar-refractivity contribution in [2.24, 2.45) is 5.10 Å². The molecule has 48 heavy (non-hydrogen) atoms. The van der Waals surface area contributed by atoms with Crippen LogP contribution in [-0.2, 0) is 11.3 Å². The maximum absolute atomic E-state index is 13.9. The first-order chi connectivity index (χ1) is 23.4. The number of nitrogens with one attached hydrogen (secondary N) is 1. The summed E-state index contributed by atoms with van der Waals surface area (Å²) in [6.07, 6.45) is 0.499. The zero-order valence-corrected chi connectivity index (χ0v) is 27.4. The maximum Gasteiger partial charge on any atom is 0.269 e. The third-order valence-corrected chi connectivity index (χ3v) is 9.38. The molecule has 0 aliphatic carbocycles. The zero-order chi connectivity index (χ0) is 33.6. The summed E-state index contributed by atoms with van der Waals surface area (Å²) in [7, 11) is 3.14. The lowest BCUT2D eigenvalue weighted by Crippen LogP contribution is -2.29. The summed E-state index contributed by atoms with van der Waals surface area (Å²) in [4.78, 5) is 38.2. The van der Waals surface area contributed by atoms with Crippen LogP contribution < -0.4 is 14.8 Å². The number of carbonyl (C=O) groups is 2. The highest BCUT2D eigenvalue weighted by molar-refractivity contribution is 7.99. The third-order valence-electron chi connectivity index (χ3n) is 7.55. The third kappa shape index (κ3) is 6.77. The minimum atomic E-state index is -0.525. The molecule has 15 heteroatoms. The first kappa shape index (κ1) is 32.4. The number of nitro groups is 1. The fraction of sp³-hybridized carbons (Fsp3) is 0.182. The van der Waals surface area contributed by atoms with Crippen LogP contribution in [0, 0.1) is 10.1 Å². The normalized spacial score (nSPS) is 14.0. The number of ether oxygens (including phenoxy) is 2. The van der Waals surface area contributed by atoms with E-state index in [1.165, 1.54) is 41.0 Å². The second-order valence-corrected chi connectivity index (χ2v) is 12.3. The second kappa shape index (κ2) is 14.5. The number of carbonyl (C=O) groups excluding carboxylic acids is 2. The molecule has 1 atom stereocenters. The SMILES string of the molecule is COc1cccc(C2CC(c3cccs3)=NN2C(=O)CSc2nnc(CNC(=O)c3ccc([N+](=O)[O-])cc3)n2-c2ccccc2)c1OC. The average Bonchev–Trinajstić information content (AvgIpc) is 3.90.